The Kier molecular flexibility index (Phi) is 2.59. The molecule has 6 heteroatoms. The summed E-state index contributed by atoms with van der Waals surface area (Å²) in [6, 6.07) is 7.38. The van der Waals surface area contributed by atoms with Crippen molar-refractivity contribution in [3.8, 4) is 0 Å². The molecule has 1 N–H and O–H groups in total. The van der Waals surface area contributed by atoms with Crippen LogP contribution in [0.4, 0.5) is 0 Å². The molecule has 0 amide bonds. The van der Waals surface area contributed by atoms with Crippen LogP contribution in [-0.4, -0.2) is 32.3 Å². The third-order valence-electron chi connectivity index (χ3n) is 2.93. The Balaban J connectivity index is 2.08. The molecule has 1 atom stereocenters. The number of rotatable bonds is 2. The molecule has 0 bridgehead atoms. The number of imidazole rings is 1. The number of carbonyl (C=O) groups excluding carboxylic acids is 1. The molecule has 18 heavy (non-hydrogen) atoms. The molecular weight excluding hydrogens is 252 g/mol. The number of hydrogen-bond donors (Lipinski definition) is 1. The Morgan fingerprint density at radius 2 is 2.28 bits per heavy atom. The highest BCUT2D eigenvalue weighted by Gasteiger charge is 2.31. The van der Waals surface area contributed by atoms with Crippen molar-refractivity contribution in [1.82, 2.24) is 9.55 Å². The zero-order chi connectivity index (χ0) is 12.7. The number of aromatic nitrogens is 2. The molecule has 2 aromatic rings. The van der Waals surface area contributed by atoms with Crippen LogP contribution in [0.1, 0.15) is 11.2 Å². The normalized spacial score (nSPS) is 18.9. The van der Waals surface area contributed by atoms with Gasteiger partial charge < -0.3 is 5.11 Å². The van der Waals surface area contributed by atoms with Gasteiger partial charge in [0, 0.05) is 5.75 Å². The molecule has 1 aromatic heterocycles. The molecule has 0 saturated carbocycles. The van der Waals surface area contributed by atoms with E-state index < -0.39 is 11.9 Å². The molecule has 0 spiro atoms. The van der Waals surface area contributed by atoms with E-state index in [4.69, 9.17) is 5.11 Å². The summed E-state index contributed by atoms with van der Waals surface area (Å²) in [4.78, 5) is 27.4. The number of hydrogen-bond acceptors (Lipinski definition) is 4. The molecule has 1 aliphatic heterocycles. The predicted octanol–water partition coefficient (Wildman–Crippen LogP) is 1.87. The van der Waals surface area contributed by atoms with Crippen molar-refractivity contribution in [2.75, 3.05) is 5.75 Å². The van der Waals surface area contributed by atoms with Crippen molar-refractivity contribution in [2.45, 2.75) is 11.6 Å². The molecule has 0 aliphatic carbocycles. The summed E-state index contributed by atoms with van der Waals surface area (Å²) in [5.74, 6) is -1.10. The number of carboxylic acids is 1. The highest BCUT2D eigenvalue weighted by molar-refractivity contribution is 7.99. The van der Waals surface area contributed by atoms with E-state index in [0.717, 1.165) is 11.0 Å². The van der Waals surface area contributed by atoms with Crippen molar-refractivity contribution in [3.63, 3.8) is 0 Å². The Morgan fingerprint density at radius 1 is 1.50 bits per heavy atom. The smallest absolute Gasteiger partial charge is 0.304 e. The monoisotopic (exact) mass is 262 g/mol. The fourth-order valence-electron chi connectivity index (χ4n) is 2.10. The van der Waals surface area contributed by atoms with E-state index in [1.165, 1.54) is 16.3 Å². The summed E-state index contributed by atoms with van der Waals surface area (Å²) in [6.45, 7) is 0. The maximum absolute atomic E-state index is 12.3. The lowest BCUT2D eigenvalue weighted by molar-refractivity contribution is -0.137. The topological polar surface area (TPSA) is 72.2 Å². The van der Waals surface area contributed by atoms with Crippen LogP contribution in [0.3, 0.4) is 0 Å². The number of aliphatic carboxylic acids is 1. The maximum atomic E-state index is 12.3. The predicted molar refractivity (Wildman–Crippen MR) is 66.8 cm³/mol. The van der Waals surface area contributed by atoms with Crippen molar-refractivity contribution in [1.29, 1.82) is 0 Å². The number of carbonyl (C=O) groups is 2. The average Bonchev–Trinajstić information content (AvgIpc) is 2.71. The van der Waals surface area contributed by atoms with Crippen LogP contribution in [0.25, 0.3) is 11.0 Å². The first-order valence-electron chi connectivity index (χ1n) is 5.53. The first kappa shape index (κ1) is 11.3. The van der Waals surface area contributed by atoms with Gasteiger partial charge in [0.15, 0.2) is 5.16 Å². The number of benzene rings is 1. The molecule has 0 radical (unpaired) electrons. The molecule has 1 aromatic carbocycles. The zero-order valence-corrected chi connectivity index (χ0v) is 10.2. The lowest BCUT2D eigenvalue weighted by Gasteiger charge is -2.20. The quantitative estimate of drug-likeness (QED) is 0.894. The first-order chi connectivity index (χ1) is 8.66. The Hall–Kier alpha value is -1.82. The summed E-state index contributed by atoms with van der Waals surface area (Å²) in [6.07, 6.45) is -0.127. The van der Waals surface area contributed by atoms with Gasteiger partial charge in [0.1, 0.15) is 0 Å². The number of carboxylic acid groups (broad SMARTS) is 1. The van der Waals surface area contributed by atoms with Gasteiger partial charge in [-0.1, -0.05) is 23.9 Å². The fourth-order valence-corrected chi connectivity index (χ4v) is 3.19. The molecule has 0 fully saturated rings. The van der Waals surface area contributed by atoms with Crippen LogP contribution >= 0.6 is 11.8 Å². The highest BCUT2D eigenvalue weighted by atomic mass is 32.2. The summed E-state index contributed by atoms with van der Waals surface area (Å²) in [7, 11) is 0. The summed E-state index contributed by atoms with van der Waals surface area (Å²) < 4.78 is 1.54. The van der Waals surface area contributed by atoms with Gasteiger partial charge in [-0.05, 0) is 12.1 Å². The van der Waals surface area contributed by atoms with E-state index in [1.54, 1.807) is 0 Å². The molecular formula is C12H10N2O3S. The minimum absolute atomic E-state index is 0.127. The molecule has 0 unspecified atom stereocenters. The van der Waals surface area contributed by atoms with Crippen LogP contribution in [0.2, 0.25) is 0 Å². The molecule has 3 rings (SSSR count). The highest BCUT2D eigenvalue weighted by Crippen LogP contribution is 2.32. The second-order valence-corrected chi connectivity index (χ2v) is 5.15. The number of fused-ring (bicyclic) bond motifs is 3. The largest absolute Gasteiger partial charge is 0.481 e. The fraction of sp³-hybridized carbons (Fsp3) is 0.250. The molecule has 0 saturated heterocycles. The third-order valence-corrected chi connectivity index (χ3v) is 4.04. The van der Waals surface area contributed by atoms with E-state index in [-0.39, 0.29) is 12.3 Å². The number of thioether (sulfide) groups is 1. The van der Waals surface area contributed by atoms with Gasteiger partial charge in [-0.3, -0.25) is 14.2 Å². The van der Waals surface area contributed by atoms with E-state index in [2.05, 4.69) is 4.98 Å². The van der Waals surface area contributed by atoms with E-state index in [1.807, 2.05) is 24.3 Å². The third kappa shape index (κ3) is 1.69. The first-order valence-corrected chi connectivity index (χ1v) is 6.51. The Morgan fingerprint density at radius 3 is 3.06 bits per heavy atom. The standard InChI is InChI=1S/C12H10N2O3S/c15-10(16)5-7-6-18-12-13-8-3-1-2-4-9(8)14(12)11(7)17/h1-4,7H,5-6H2,(H,15,16)/t7-/m0/s1. The van der Waals surface area contributed by atoms with Crippen LogP contribution in [0.15, 0.2) is 29.4 Å². The summed E-state index contributed by atoms with van der Waals surface area (Å²) in [5.41, 5.74) is 1.52. The Bertz CT molecular complexity index is 650. The summed E-state index contributed by atoms with van der Waals surface area (Å²) in [5, 5.41) is 9.46. The average molecular weight is 262 g/mol. The van der Waals surface area contributed by atoms with Gasteiger partial charge in [-0.25, -0.2) is 4.98 Å². The Labute approximate surface area is 107 Å². The lowest BCUT2D eigenvalue weighted by Crippen LogP contribution is -2.30. The van der Waals surface area contributed by atoms with Gasteiger partial charge in [0.25, 0.3) is 0 Å². The number of nitrogens with zero attached hydrogens (tertiary/aromatic N) is 2. The zero-order valence-electron chi connectivity index (χ0n) is 9.37. The van der Waals surface area contributed by atoms with Crippen molar-refractivity contribution in [3.05, 3.63) is 24.3 Å². The molecule has 92 valence electrons. The van der Waals surface area contributed by atoms with Crippen LogP contribution < -0.4 is 0 Å². The van der Waals surface area contributed by atoms with Gasteiger partial charge in [-0.2, -0.15) is 0 Å². The number of para-hydroxylation sites is 2. The van der Waals surface area contributed by atoms with E-state index in [9.17, 15) is 9.59 Å². The van der Waals surface area contributed by atoms with E-state index in [0.29, 0.717) is 10.9 Å². The van der Waals surface area contributed by atoms with Gasteiger partial charge in [0.2, 0.25) is 5.91 Å². The van der Waals surface area contributed by atoms with Gasteiger partial charge >= 0.3 is 5.97 Å². The maximum Gasteiger partial charge on any atom is 0.304 e. The molecule has 1 aliphatic rings. The van der Waals surface area contributed by atoms with Crippen LogP contribution in [-0.2, 0) is 4.79 Å². The molecule has 5 nitrogen and oxygen atoms in total. The van der Waals surface area contributed by atoms with Crippen molar-refractivity contribution >= 4 is 34.7 Å². The van der Waals surface area contributed by atoms with Crippen molar-refractivity contribution in [2.24, 2.45) is 5.92 Å². The lowest BCUT2D eigenvalue weighted by atomic mass is 10.1. The minimum Gasteiger partial charge on any atom is -0.481 e. The molecule has 2 heterocycles. The van der Waals surface area contributed by atoms with Crippen LogP contribution in [0.5, 0.6) is 0 Å². The van der Waals surface area contributed by atoms with Gasteiger partial charge in [0.05, 0.1) is 23.4 Å². The van der Waals surface area contributed by atoms with Gasteiger partial charge in [-0.15, -0.1) is 0 Å². The second-order valence-electron chi connectivity index (χ2n) is 4.16. The summed E-state index contributed by atoms with van der Waals surface area (Å²) >= 11 is 1.44. The van der Waals surface area contributed by atoms with Crippen LogP contribution in [0, 0.1) is 5.92 Å². The SMILES string of the molecule is O=C(O)C[C@H]1CSc2nc3ccccc3n2C1=O. The van der Waals surface area contributed by atoms with E-state index >= 15 is 0 Å². The minimum atomic E-state index is -0.943. The second kappa shape index (κ2) is 4.13. The van der Waals surface area contributed by atoms with Crippen molar-refractivity contribution < 1.29 is 14.7 Å².